The van der Waals surface area contributed by atoms with Crippen LogP contribution >= 0.6 is 11.6 Å². The quantitative estimate of drug-likeness (QED) is 0.746. The van der Waals surface area contributed by atoms with Crippen molar-refractivity contribution >= 4 is 17.5 Å². The maximum Gasteiger partial charge on any atom is 0.234 e. The van der Waals surface area contributed by atoms with Gasteiger partial charge in [0, 0.05) is 37.7 Å². The van der Waals surface area contributed by atoms with Crippen molar-refractivity contribution in [2.75, 3.05) is 46.4 Å². The Labute approximate surface area is 160 Å². The Morgan fingerprint density at radius 2 is 2.27 bits per heavy atom. The number of ether oxygens (including phenoxy) is 1. The van der Waals surface area contributed by atoms with Crippen LogP contribution in [0.15, 0.2) is 18.2 Å². The van der Waals surface area contributed by atoms with Gasteiger partial charge in [0.05, 0.1) is 19.3 Å². The van der Waals surface area contributed by atoms with Crippen LogP contribution in [-0.2, 0) is 16.1 Å². The van der Waals surface area contributed by atoms with Gasteiger partial charge in [0.25, 0.3) is 0 Å². The average molecular weight is 386 g/mol. The van der Waals surface area contributed by atoms with E-state index in [0.717, 1.165) is 25.2 Å². The second-order valence-corrected chi connectivity index (χ2v) is 7.77. The van der Waals surface area contributed by atoms with Crippen molar-refractivity contribution in [1.29, 1.82) is 0 Å². The summed E-state index contributed by atoms with van der Waals surface area (Å²) in [6, 6.07) is 4.30. The molecule has 1 unspecified atom stereocenters. The number of amides is 1. The molecule has 1 heterocycles. The number of benzene rings is 1. The van der Waals surface area contributed by atoms with Gasteiger partial charge in [-0.3, -0.25) is 14.6 Å². The van der Waals surface area contributed by atoms with Crippen molar-refractivity contribution in [2.24, 2.45) is 5.92 Å². The summed E-state index contributed by atoms with van der Waals surface area (Å²) in [4.78, 5) is 16.4. The summed E-state index contributed by atoms with van der Waals surface area (Å²) in [6.07, 6.45) is 0.0308. The van der Waals surface area contributed by atoms with Crippen LogP contribution in [0.3, 0.4) is 0 Å². The number of hydrogen-bond acceptors (Lipinski definition) is 4. The van der Waals surface area contributed by atoms with Crippen LogP contribution in [0.25, 0.3) is 0 Å². The van der Waals surface area contributed by atoms with Crippen LogP contribution < -0.4 is 5.32 Å². The first-order valence-corrected chi connectivity index (χ1v) is 9.44. The molecular weight excluding hydrogens is 357 g/mol. The molecular formula is C19H29ClFN3O2. The maximum atomic E-state index is 13.1. The lowest BCUT2D eigenvalue weighted by Gasteiger charge is -2.34. The maximum absolute atomic E-state index is 13.1. The first kappa shape index (κ1) is 21.1. The van der Waals surface area contributed by atoms with E-state index in [9.17, 15) is 9.18 Å². The molecule has 1 aliphatic rings. The average Bonchev–Trinajstić information content (AvgIpc) is 2.55. The van der Waals surface area contributed by atoms with Crippen molar-refractivity contribution in [3.8, 4) is 0 Å². The van der Waals surface area contributed by atoms with Gasteiger partial charge >= 0.3 is 0 Å². The molecule has 0 bridgehead atoms. The number of likely N-dealkylation sites (N-methyl/N-ethyl adjacent to an activating group) is 1. The zero-order valence-corrected chi connectivity index (χ0v) is 16.6. The molecule has 1 atom stereocenters. The topological polar surface area (TPSA) is 44.8 Å². The normalized spacial score (nSPS) is 18.5. The predicted molar refractivity (Wildman–Crippen MR) is 102 cm³/mol. The first-order chi connectivity index (χ1) is 12.3. The molecule has 0 aromatic heterocycles. The highest BCUT2D eigenvalue weighted by Crippen LogP contribution is 2.18. The number of carbonyl (C=O) groups is 1. The van der Waals surface area contributed by atoms with E-state index >= 15 is 0 Å². The second-order valence-electron chi connectivity index (χ2n) is 7.36. The zero-order chi connectivity index (χ0) is 19.1. The predicted octanol–water partition coefficient (Wildman–Crippen LogP) is 2.38. The lowest BCUT2D eigenvalue weighted by atomic mass is 10.2. The Balaban J connectivity index is 1.72. The van der Waals surface area contributed by atoms with Gasteiger partial charge in [-0.15, -0.1) is 0 Å². The van der Waals surface area contributed by atoms with Crippen molar-refractivity contribution in [1.82, 2.24) is 15.1 Å². The van der Waals surface area contributed by atoms with Crippen molar-refractivity contribution in [2.45, 2.75) is 26.5 Å². The largest absolute Gasteiger partial charge is 0.374 e. The molecule has 0 aliphatic carbocycles. The monoisotopic (exact) mass is 385 g/mol. The van der Waals surface area contributed by atoms with E-state index in [1.807, 2.05) is 11.9 Å². The fourth-order valence-corrected chi connectivity index (χ4v) is 3.34. The molecule has 1 saturated heterocycles. The summed E-state index contributed by atoms with van der Waals surface area (Å²) in [5, 5.41) is 3.31. The lowest BCUT2D eigenvalue weighted by molar-refractivity contribution is -0.123. The van der Waals surface area contributed by atoms with Crippen LogP contribution in [0.2, 0.25) is 5.02 Å². The Morgan fingerprint density at radius 1 is 1.50 bits per heavy atom. The smallest absolute Gasteiger partial charge is 0.234 e. The standard InChI is InChI=1S/C19H29ClFN3O2/c1-14(2)10-24-6-7-26-17(12-24)9-22-19(25)13-23(3)11-15-4-5-16(21)8-18(15)20/h4-5,8,14,17H,6-7,9-13H2,1-3H3,(H,22,25). The highest BCUT2D eigenvalue weighted by molar-refractivity contribution is 6.31. The van der Waals surface area contributed by atoms with Gasteiger partial charge in [-0.1, -0.05) is 31.5 Å². The number of hydrogen-bond donors (Lipinski definition) is 1. The molecule has 7 heteroatoms. The third-order valence-corrected chi connectivity index (χ3v) is 4.59. The Kier molecular flexibility index (Phi) is 8.28. The molecule has 1 N–H and O–H groups in total. The van der Waals surface area contributed by atoms with Crippen LogP contribution in [0.5, 0.6) is 0 Å². The summed E-state index contributed by atoms with van der Waals surface area (Å²) in [5.41, 5.74) is 0.795. The summed E-state index contributed by atoms with van der Waals surface area (Å²) >= 11 is 6.03. The second kappa shape index (κ2) is 10.2. The Bertz CT molecular complexity index is 600. The number of halogens is 2. The molecule has 0 spiro atoms. The summed E-state index contributed by atoms with van der Waals surface area (Å²) in [6.45, 7) is 9.20. The summed E-state index contributed by atoms with van der Waals surface area (Å²) in [7, 11) is 1.83. The van der Waals surface area contributed by atoms with Gasteiger partial charge in [-0.25, -0.2) is 4.39 Å². The van der Waals surface area contributed by atoms with Gasteiger partial charge in [0.15, 0.2) is 0 Å². The Hall–Kier alpha value is -1.21. The molecule has 1 aliphatic heterocycles. The minimum absolute atomic E-state index is 0.0308. The van der Waals surface area contributed by atoms with Crippen LogP contribution in [0, 0.1) is 11.7 Å². The van der Waals surface area contributed by atoms with Crippen molar-refractivity contribution < 1.29 is 13.9 Å². The number of morpholine rings is 1. The van der Waals surface area contributed by atoms with Crippen LogP contribution in [0.4, 0.5) is 4.39 Å². The molecule has 5 nitrogen and oxygen atoms in total. The Morgan fingerprint density at radius 3 is 2.96 bits per heavy atom. The SMILES string of the molecule is CC(C)CN1CCOC(CNC(=O)CN(C)Cc2ccc(F)cc2Cl)C1. The molecule has 1 aromatic carbocycles. The number of nitrogens with zero attached hydrogens (tertiary/aromatic N) is 2. The van der Waals surface area contributed by atoms with Gasteiger partial charge in [0.1, 0.15) is 5.82 Å². The third-order valence-electron chi connectivity index (χ3n) is 4.24. The van der Waals surface area contributed by atoms with E-state index in [2.05, 4.69) is 24.1 Å². The van der Waals surface area contributed by atoms with E-state index in [0.29, 0.717) is 30.6 Å². The fourth-order valence-electron chi connectivity index (χ4n) is 3.11. The third kappa shape index (κ3) is 7.19. The van der Waals surface area contributed by atoms with E-state index < -0.39 is 0 Å². The molecule has 1 aromatic rings. The number of rotatable bonds is 8. The molecule has 0 radical (unpaired) electrons. The number of carbonyl (C=O) groups excluding carboxylic acids is 1. The molecule has 1 amide bonds. The van der Waals surface area contributed by atoms with Gasteiger partial charge < -0.3 is 10.1 Å². The summed E-state index contributed by atoms with van der Waals surface area (Å²) in [5.74, 6) is 0.198. The summed E-state index contributed by atoms with van der Waals surface area (Å²) < 4.78 is 18.8. The van der Waals surface area contributed by atoms with E-state index in [1.54, 1.807) is 6.07 Å². The highest BCUT2D eigenvalue weighted by Gasteiger charge is 2.21. The van der Waals surface area contributed by atoms with E-state index in [-0.39, 0.29) is 24.4 Å². The zero-order valence-electron chi connectivity index (χ0n) is 15.8. The molecule has 2 rings (SSSR count). The van der Waals surface area contributed by atoms with Gasteiger partial charge in [0.2, 0.25) is 5.91 Å². The van der Waals surface area contributed by atoms with Crippen molar-refractivity contribution in [3.63, 3.8) is 0 Å². The van der Waals surface area contributed by atoms with E-state index in [1.165, 1.54) is 12.1 Å². The minimum atomic E-state index is -0.363. The molecule has 26 heavy (non-hydrogen) atoms. The molecule has 1 fully saturated rings. The van der Waals surface area contributed by atoms with Gasteiger partial charge in [-0.05, 0) is 30.7 Å². The fraction of sp³-hybridized carbons (Fsp3) is 0.632. The van der Waals surface area contributed by atoms with Crippen LogP contribution in [0.1, 0.15) is 19.4 Å². The first-order valence-electron chi connectivity index (χ1n) is 9.06. The molecule has 0 saturated carbocycles. The molecule has 146 valence electrons. The number of nitrogens with one attached hydrogen (secondary N) is 1. The van der Waals surface area contributed by atoms with E-state index in [4.69, 9.17) is 16.3 Å². The lowest BCUT2D eigenvalue weighted by Crippen LogP contribution is -2.49. The van der Waals surface area contributed by atoms with Crippen molar-refractivity contribution in [3.05, 3.63) is 34.6 Å². The van der Waals surface area contributed by atoms with Gasteiger partial charge in [-0.2, -0.15) is 0 Å². The van der Waals surface area contributed by atoms with Crippen LogP contribution in [-0.4, -0.2) is 68.2 Å². The highest BCUT2D eigenvalue weighted by atomic mass is 35.5. The minimum Gasteiger partial charge on any atom is -0.374 e.